The first-order chi connectivity index (χ1) is 15.4. The van der Waals surface area contributed by atoms with Crippen LogP contribution in [0.1, 0.15) is 11.1 Å². The Morgan fingerprint density at radius 1 is 1.06 bits per heavy atom. The van der Waals surface area contributed by atoms with Crippen molar-refractivity contribution in [2.24, 2.45) is 14.1 Å². The molecule has 9 heteroatoms. The maximum absolute atomic E-state index is 13.0. The number of aromatic nitrogens is 5. The molecular formula is C23H23FN6OS. The highest BCUT2D eigenvalue weighted by Gasteiger charge is 2.19. The smallest absolute Gasteiger partial charge is 0.230 e. The summed E-state index contributed by atoms with van der Waals surface area (Å²) in [6, 6.07) is 14.2. The number of hydrogen-bond donors (Lipinski definition) is 1. The summed E-state index contributed by atoms with van der Waals surface area (Å²) in [6.45, 7) is 2.39. The molecule has 0 saturated carbocycles. The van der Waals surface area contributed by atoms with E-state index in [9.17, 15) is 9.18 Å². The number of hydrogen-bond acceptors (Lipinski definition) is 5. The molecule has 0 bridgehead atoms. The first-order valence-electron chi connectivity index (χ1n) is 10.0. The molecule has 0 unspecified atom stereocenters. The third-order valence-corrected chi connectivity index (χ3v) is 5.99. The lowest BCUT2D eigenvalue weighted by Gasteiger charge is -2.06. The van der Waals surface area contributed by atoms with Gasteiger partial charge >= 0.3 is 0 Å². The van der Waals surface area contributed by atoms with E-state index in [1.807, 2.05) is 43.9 Å². The molecule has 0 radical (unpaired) electrons. The van der Waals surface area contributed by atoms with Crippen LogP contribution in [0.5, 0.6) is 0 Å². The average Bonchev–Trinajstić information content (AvgIpc) is 3.34. The van der Waals surface area contributed by atoms with Gasteiger partial charge in [0.1, 0.15) is 11.5 Å². The average molecular weight is 451 g/mol. The molecule has 2 aromatic carbocycles. The Kier molecular flexibility index (Phi) is 6.36. The number of amides is 1. The van der Waals surface area contributed by atoms with Crippen LogP contribution in [0.4, 0.5) is 4.39 Å². The molecule has 1 amide bonds. The molecule has 1 N–H and O–H groups in total. The van der Waals surface area contributed by atoms with Crippen molar-refractivity contribution in [3.05, 3.63) is 71.7 Å². The lowest BCUT2D eigenvalue weighted by Crippen LogP contribution is -2.24. The Hall–Kier alpha value is -3.46. The zero-order valence-electron chi connectivity index (χ0n) is 18.0. The zero-order valence-corrected chi connectivity index (χ0v) is 18.9. The maximum Gasteiger partial charge on any atom is 0.230 e. The molecule has 32 heavy (non-hydrogen) atoms. The highest BCUT2D eigenvalue weighted by atomic mass is 32.2. The molecule has 0 aliphatic rings. The van der Waals surface area contributed by atoms with E-state index in [0.29, 0.717) is 17.5 Å². The van der Waals surface area contributed by atoms with Crippen molar-refractivity contribution < 1.29 is 9.18 Å². The Morgan fingerprint density at radius 3 is 2.50 bits per heavy atom. The minimum absolute atomic E-state index is 0.134. The van der Waals surface area contributed by atoms with Crippen LogP contribution >= 0.6 is 11.8 Å². The van der Waals surface area contributed by atoms with Crippen LogP contribution in [0.3, 0.4) is 0 Å². The number of rotatable bonds is 7. The number of carbonyl (C=O) groups is 1. The van der Waals surface area contributed by atoms with Gasteiger partial charge in [0.25, 0.3) is 0 Å². The highest BCUT2D eigenvalue weighted by molar-refractivity contribution is 7.99. The Labute approximate surface area is 189 Å². The van der Waals surface area contributed by atoms with E-state index >= 15 is 0 Å². The van der Waals surface area contributed by atoms with Gasteiger partial charge in [-0.3, -0.25) is 9.48 Å². The summed E-state index contributed by atoms with van der Waals surface area (Å²) < 4.78 is 16.6. The van der Waals surface area contributed by atoms with Gasteiger partial charge in [-0.15, -0.1) is 10.2 Å². The van der Waals surface area contributed by atoms with E-state index < -0.39 is 0 Å². The molecule has 0 aliphatic carbocycles. The van der Waals surface area contributed by atoms with Crippen molar-refractivity contribution in [3.8, 4) is 22.6 Å². The standard InChI is InChI=1S/C23H23FN6OS/c1-15-4-8-17(9-5-15)21-19(13-29(2)28-21)22-26-27-23(30(22)3)32-14-20(31)25-12-16-6-10-18(24)11-7-16/h4-11,13H,12,14H2,1-3H3,(H,25,31). The van der Waals surface area contributed by atoms with Gasteiger partial charge in [0, 0.05) is 32.4 Å². The van der Waals surface area contributed by atoms with Gasteiger partial charge in [-0.05, 0) is 24.6 Å². The molecule has 0 atom stereocenters. The highest BCUT2D eigenvalue weighted by Crippen LogP contribution is 2.31. The van der Waals surface area contributed by atoms with Crippen molar-refractivity contribution in [3.63, 3.8) is 0 Å². The minimum Gasteiger partial charge on any atom is -0.351 e. The van der Waals surface area contributed by atoms with Gasteiger partial charge in [0.05, 0.1) is 11.3 Å². The Balaban J connectivity index is 1.44. The molecule has 7 nitrogen and oxygen atoms in total. The van der Waals surface area contributed by atoms with Gasteiger partial charge < -0.3 is 9.88 Å². The van der Waals surface area contributed by atoms with E-state index in [4.69, 9.17) is 0 Å². The zero-order chi connectivity index (χ0) is 22.7. The molecular weight excluding hydrogens is 427 g/mol. The number of benzene rings is 2. The topological polar surface area (TPSA) is 77.6 Å². The van der Waals surface area contributed by atoms with E-state index in [-0.39, 0.29) is 17.5 Å². The first-order valence-corrected chi connectivity index (χ1v) is 11.0. The van der Waals surface area contributed by atoms with Gasteiger partial charge in [0.2, 0.25) is 5.91 Å². The third-order valence-electron chi connectivity index (χ3n) is 4.96. The summed E-state index contributed by atoms with van der Waals surface area (Å²) in [5.41, 5.74) is 4.73. The molecule has 2 heterocycles. The summed E-state index contributed by atoms with van der Waals surface area (Å²) in [5, 5.41) is 16.7. The van der Waals surface area contributed by atoms with Gasteiger partial charge in [-0.25, -0.2) is 4.39 Å². The van der Waals surface area contributed by atoms with Gasteiger partial charge in [-0.2, -0.15) is 5.10 Å². The Morgan fingerprint density at radius 2 is 1.78 bits per heavy atom. The molecule has 4 aromatic rings. The fourth-order valence-electron chi connectivity index (χ4n) is 3.24. The summed E-state index contributed by atoms with van der Waals surface area (Å²) in [6.07, 6.45) is 1.92. The van der Waals surface area contributed by atoms with Crippen molar-refractivity contribution in [1.82, 2.24) is 29.9 Å². The number of carbonyl (C=O) groups excluding carboxylic acids is 1. The fourth-order valence-corrected chi connectivity index (χ4v) is 3.98. The van der Waals surface area contributed by atoms with Crippen molar-refractivity contribution in [2.75, 3.05) is 5.75 Å². The third kappa shape index (κ3) is 4.88. The molecule has 0 spiro atoms. The maximum atomic E-state index is 13.0. The fraction of sp³-hybridized carbons (Fsp3) is 0.217. The molecule has 0 aliphatic heterocycles. The van der Waals surface area contributed by atoms with Crippen LogP contribution in [0.15, 0.2) is 59.9 Å². The molecule has 4 rings (SSSR count). The molecule has 164 valence electrons. The summed E-state index contributed by atoms with van der Waals surface area (Å²) >= 11 is 1.31. The van der Waals surface area contributed by atoms with Crippen LogP contribution in [0.25, 0.3) is 22.6 Å². The lowest BCUT2D eigenvalue weighted by molar-refractivity contribution is -0.118. The second-order valence-electron chi connectivity index (χ2n) is 7.49. The minimum atomic E-state index is -0.298. The second kappa shape index (κ2) is 9.35. The molecule has 2 aromatic heterocycles. The van der Waals surface area contributed by atoms with E-state index in [1.165, 1.54) is 29.5 Å². The van der Waals surface area contributed by atoms with Crippen LogP contribution in [-0.4, -0.2) is 36.2 Å². The SMILES string of the molecule is Cc1ccc(-c2nn(C)cc2-c2nnc(SCC(=O)NCc3ccc(F)cc3)n2C)cc1. The first kappa shape index (κ1) is 21.8. The summed E-state index contributed by atoms with van der Waals surface area (Å²) in [7, 11) is 3.75. The normalized spacial score (nSPS) is 11.0. The monoisotopic (exact) mass is 450 g/mol. The van der Waals surface area contributed by atoms with Crippen LogP contribution < -0.4 is 5.32 Å². The number of nitrogens with zero attached hydrogens (tertiary/aromatic N) is 5. The molecule has 0 saturated heterocycles. The number of nitrogens with one attached hydrogen (secondary N) is 1. The van der Waals surface area contributed by atoms with E-state index in [2.05, 4.69) is 32.7 Å². The summed E-state index contributed by atoms with van der Waals surface area (Å²) in [4.78, 5) is 12.2. The largest absolute Gasteiger partial charge is 0.351 e. The van der Waals surface area contributed by atoms with Gasteiger partial charge in [-0.1, -0.05) is 53.7 Å². The molecule has 0 fully saturated rings. The lowest BCUT2D eigenvalue weighted by atomic mass is 10.1. The van der Waals surface area contributed by atoms with Crippen LogP contribution in [-0.2, 0) is 25.4 Å². The predicted octanol–water partition coefficient (Wildman–Crippen LogP) is 3.74. The number of thioether (sulfide) groups is 1. The summed E-state index contributed by atoms with van der Waals surface area (Å²) in [5.74, 6) is 0.451. The van der Waals surface area contributed by atoms with Crippen LogP contribution in [0.2, 0.25) is 0 Å². The number of aryl methyl sites for hydroxylation is 2. The number of halogens is 1. The van der Waals surface area contributed by atoms with Crippen molar-refractivity contribution in [2.45, 2.75) is 18.6 Å². The van der Waals surface area contributed by atoms with Crippen LogP contribution in [0, 0.1) is 12.7 Å². The second-order valence-corrected chi connectivity index (χ2v) is 8.43. The van der Waals surface area contributed by atoms with E-state index in [0.717, 1.165) is 22.4 Å². The quantitative estimate of drug-likeness (QED) is 0.434. The van der Waals surface area contributed by atoms with E-state index in [1.54, 1.807) is 16.8 Å². The van der Waals surface area contributed by atoms with Gasteiger partial charge in [0.15, 0.2) is 11.0 Å². The van der Waals surface area contributed by atoms with Crippen molar-refractivity contribution >= 4 is 17.7 Å². The Bertz CT molecular complexity index is 1230. The van der Waals surface area contributed by atoms with Crippen molar-refractivity contribution in [1.29, 1.82) is 0 Å². The predicted molar refractivity (Wildman–Crippen MR) is 122 cm³/mol.